The summed E-state index contributed by atoms with van der Waals surface area (Å²) in [6.07, 6.45) is 0. The van der Waals surface area contributed by atoms with Crippen molar-refractivity contribution in [2.24, 2.45) is 4.99 Å². The second kappa shape index (κ2) is 13.8. The summed E-state index contributed by atoms with van der Waals surface area (Å²) in [6, 6.07) is 7.81. The van der Waals surface area contributed by atoms with Gasteiger partial charge in [-0.1, -0.05) is 12.1 Å². The van der Waals surface area contributed by atoms with E-state index in [-0.39, 0.29) is 12.5 Å². The van der Waals surface area contributed by atoms with E-state index in [4.69, 9.17) is 14.2 Å². The van der Waals surface area contributed by atoms with Crippen LogP contribution in [-0.2, 0) is 20.9 Å². The lowest BCUT2D eigenvalue weighted by atomic mass is 10.2. The van der Waals surface area contributed by atoms with Crippen LogP contribution in [0.5, 0.6) is 5.75 Å². The van der Waals surface area contributed by atoms with Crippen LogP contribution in [0.3, 0.4) is 0 Å². The molecule has 9 heteroatoms. The molecule has 1 aliphatic rings. The smallest absolute Gasteiger partial charge is 0.243 e. The van der Waals surface area contributed by atoms with E-state index in [2.05, 4.69) is 20.5 Å². The Balaban J connectivity index is 1.71. The third-order valence-corrected chi connectivity index (χ3v) is 4.66. The fourth-order valence-corrected chi connectivity index (χ4v) is 2.77. The Hall–Kier alpha value is -2.36. The number of aliphatic imine (C=N–C) groups is 1. The number of amides is 1. The molecule has 0 atom stereocenters. The van der Waals surface area contributed by atoms with Crippen LogP contribution in [0.15, 0.2) is 29.3 Å². The predicted molar refractivity (Wildman–Crippen MR) is 117 cm³/mol. The molecule has 1 aromatic rings. The summed E-state index contributed by atoms with van der Waals surface area (Å²) < 4.78 is 16.3. The molecule has 30 heavy (non-hydrogen) atoms. The zero-order chi connectivity index (χ0) is 21.6. The summed E-state index contributed by atoms with van der Waals surface area (Å²) in [7, 11) is 5.10. The van der Waals surface area contributed by atoms with Crippen molar-refractivity contribution in [3.63, 3.8) is 0 Å². The minimum absolute atomic E-state index is 0.0416. The molecule has 0 spiro atoms. The zero-order valence-electron chi connectivity index (χ0n) is 18.4. The van der Waals surface area contributed by atoms with Gasteiger partial charge in [0.1, 0.15) is 12.3 Å². The third-order valence-electron chi connectivity index (χ3n) is 4.66. The van der Waals surface area contributed by atoms with Crippen molar-refractivity contribution in [3.8, 4) is 5.75 Å². The minimum Gasteiger partial charge on any atom is -0.497 e. The number of methoxy groups -OCH3 is 1. The molecule has 0 unspecified atom stereocenters. The molecule has 0 saturated carbocycles. The molecule has 168 valence electrons. The molecule has 1 heterocycles. The average Bonchev–Trinajstić information content (AvgIpc) is 2.77. The minimum atomic E-state index is -0.0416. The van der Waals surface area contributed by atoms with Crippen molar-refractivity contribution in [2.45, 2.75) is 6.61 Å². The van der Waals surface area contributed by atoms with Crippen LogP contribution in [-0.4, -0.2) is 102 Å². The molecule has 0 bridgehead atoms. The maximum Gasteiger partial charge on any atom is 0.243 e. The van der Waals surface area contributed by atoms with Crippen molar-refractivity contribution in [2.75, 3.05) is 80.3 Å². The Morgan fingerprint density at radius 3 is 2.53 bits per heavy atom. The molecule has 0 aromatic heterocycles. The maximum absolute atomic E-state index is 11.9. The van der Waals surface area contributed by atoms with E-state index >= 15 is 0 Å². The molecule has 0 radical (unpaired) electrons. The van der Waals surface area contributed by atoms with Crippen LogP contribution in [0.4, 0.5) is 0 Å². The van der Waals surface area contributed by atoms with Gasteiger partial charge in [0.15, 0.2) is 5.96 Å². The number of morpholine rings is 1. The van der Waals surface area contributed by atoms with Crippen LogP contribution in [0.1, 0.15) is 5.56 Å². The van der Waals surface area contributed by atoms with Crippen LogP contribution in [0.25, 0.3) is 0 Å². The highest BCUT2D eigenvalue weighted by Gasteiger charge is 2.10. The standard InChI is InChI=1S/C21H35N5O4/c1-25(2)20(27)16-24-21(22-8-10-26-11-14-29-15-12-26)23-9-13-30-17-18-4-6-19(28-3)7-5-18/h4-7H,8-17H2,1-3H3,(H2,22,23,24). The van der Waals surface area contributed by atoms with Crippen molar-refractivity contribution < 1.29 is 19.0 Å². The highest BCUT2D eigenvalue weighted by Crippen LogP contribution is 2.11. The Morgan fingerprint density at radius 1 is 1.17 bits per heavy atom. The number of carbonyl (C=O) groups excluding carboxylic acids is 1. The normalized spacial score (nSPS) is 15.0. The molecule has 1 aromatic carbocycles. The molecule has 1 aliphatic heterocycles. The van der Waals surface area contributed by atoms with Gasteiger partial charge in [-0.05, 0) is 17.7 Å². The lowest BCUT2D eigenvalue weighted by Gasteiger charge is -2.26. The van der Waals surface area contributed by atoms with Crippen molar-refractivity contribution in [1.82, 2.24) is 20.4 Å². The van der Waals surface area contributed by atoms with Gasteiger partial charge in [0.2, 0.25) is 5.91 Å². The molecule has 1 fully saturated rings. The number of hydrogen-bond acceptors (Lipinski definition) is 6. The van der Waals surface area contributed by atoms with Gasteiger partial charge in [0.25, 0.3) is 0 Å². The van der Waals surface area contributed by atoms with Crippen LogP contribution >= 0.6 is 0 Å². The highest BCUT2D eigenvalue weighted by atomic mass is 16.5. The van der Waals surface area contributed by atoms with E-state index in [9.17, 15) is 4.79 Å². The predicted octanol–water partition coefficient (Wildman–Crippen LogP) is 0.167. The summed E-state index contributed by atoms with van der Waals surface area (Å²) in [5.74, 6) is 1.41. The van der Waals surface area contributed by atoms with Gasteiger partial charge in [-0.2, -0.15) is 0 Å². The lowest BCUT2D eigenvalue weighted by Crippen LogP contribution is -2.45. The van der Waals surface area contributed by atoms with E-state index in [1.165, 1.54) is 4.90 Å². The van der Waals surface area contributed by atoms with Crippen LogP contribution in [0, 0.1) is 0 Å². The van der Waals surface area contributed by atoms with Crippen LogP contribution in [0.2, 0.25) is 0 Å². The fourth-order valence-electron chi connectivity index (χ4n) is 2.77. The van der Waals surface area contributed by atoms with E-state index in [0.717, 1.165) is 50.7 Å². The molecule has 2 N–H and O–H groups in total. The monoisotopic (exact) mass is 421 g/mol. The van der Waals surface area contributed by atoms with Gasteiger partial charge in [-0.3, -0.25) is 9.69 Å². The third kappa shape index (κ3) is 9.43. The van der Waals surface area contributed by atoms with E-state index < -0.39 is 0 Å². The Morgan fingerprint density at radius 2 is 1.87 bits per heavy atom. The average molecular weight is 422 g/mol. The first-order chi connectivity index (χ1) is 14.6. The topological polar surface area (TPSA) is 87.7 Å². The zero-order valence-corrected chi connectivity index (χ0v) is 18.4. The Kier molecular flexibility index (Phi) is 11.0. The van der Waals surface area contributed by atoms with Gasteiger partial charge in [0, 0.05) is 46.8 Å². The number of carbonyl (C=O) groups is 1. The fraction of sp³-hybridized carbons (Fsp3) is 0.619. The number of hydrogen-bond donors (Lipinski definition) is 2. The largest absolute Gasteiger partial charge is 0.497 e. The number of likely N-dealkylation sites (N-methyl/N-ethyl adjacent to an activating group) is 1. The van der Waals surface area contributed by atoms with Gasteiger partial charge >= 0.3 is 0 Å². The molecule has 0 aliphatic carbocycles. The van der Waals surface area contributed by atoms with E-state index in [1.54, 1.807) is 21.2 Å². The second-order valence-corrected chi connectivity index (χ2v) is 7.16. The lowest BCUT2D eigenvalue weighted by molar-refractivity contribution is -0.127. The van der Waals surface area contributed by atoms with Gasteiger partial charge < -0.3 is 29.7 Å². The second-order valence-electron chi connectivity index (χ2n) is 7.16. The molecule has 1 amide bonds. The van der Waals surface area contributed by atoms with Crippen molar-refractivity contribution >= 4 is 11.9 Å². The first-order valence-electron chi connectivity index (χ1n) is 10.3. The van der Waals surface area contributed by atoms with Crippen molar-refractivity contribution in [1.29, 1.82) is 0 Å². The van der Waals surface area contributed by atoms with E-state index in [1.807, 2.05) is 24.3 Å². The molecular weight excluding hydrogens is 386 g/mol. The maximum atomic E-state index is 11.9. The number of rotatable bonds is 11. The van der Waals surface area contributed by atoms with Gasteiger partial charge in [0.05, 0.1) is 33.5 Å². The van der Waals surface area contributed by atoms with Crippen LogP contribution < -0.4 is 15.4 Å². The summed E-state index contributed by atoms with van der Waals surface area (Å²) >= 11 is 0. The number of nitrogens with one attached hydrogen (secondary N) is 2. The number of ether oxygens (including phenoxy) is 3. The Labute approximate surface area is 179 Å². The quantitative estimate of drug-likeness (QED) is 0.299. The summed E-state index contributed by atoms with van der Waals surface area (Å²) in [5, 5.41) is 6.54. The molecular formula is C21H35N5O4. The molecule has 2 rings (SSSR count). The number of nitrogens with zero attached hydrogens (tertiary/aromatic N) is 3. The number of guanidine groups is 1. The van der Waals surface area contributed by atoms with Gasteiger partial charge in [-0.25, -0.2) is 4.99 Å². The molecule has 1 saturated heterocycles. The van der Waals surface area contributed by atoms with E-state index in [0.29, 0.717) is 25.7 Å². The van der Waals surface area contributed by atoms with Gasteiger partial charge in [-0.15, -0.1) is 0 Å². The summed E-state index contributed by atoms with van der Waals surface area (Å²) in [6.45, 7) is 6.85. The first-order valence-corrected chi connectivity index (χ1v) is 10.3. The molecule has 9 nitrogen and oxygen atoms in total. The summed E-state index contributed by atoms with van der Waals surface area (Å²) in [5.41, 5.74) is 1.09. The number of benzene rings is 1. The SMILES string of the molecule is COc1ccc(COCCNC(=NCC(=O)N(C)C)NCCN2CCOCC2)cc1. The van der Waals surface area contributed by atoms with Crippen molar-refractivity contribution in [3.05, 3.63) is 29.8 Å². The highest BCUT2D eigenvalue weighted by molar-refractivity contribution is 5.84. The first kappa shape index (κ1) is 23.9. The summed E-state index contributed by atoms with van der Waals surface area (Å²) in [4.78, 5) is 20.1. The Bertz CT molecular complexity index is 645.